The lowest BCUT2D eigenvalue weighted by atomic mass is 9.82. The first-order valence-corrected chi connectivity index (χ1v) is 7.68. The number of pyridine rings is 1. The van der Waals surface area contributed by atoms with Gasteiger partial charge in [-0.25, -0.2) is 4.79 Å². The molecule has 2 atom stereocenters. The lowest BCUT2D eigenvalue weighted by Gasteiger charge is -2.27. The predicted octanol–water partition coefficient (Wildman–Crippen LogP) is 2.58. The number of methoxy groups -OCH3 is 1. The minimum Gasteiger partial charge on any atom is -0.465 e. The number of nitrogens with two attached hydrogens (primary N) is 1. The molecule has 1 saturated carbocycles. The first-order valence-electron chi connectivity index (χ1n) is 7.68. The maximum Gasteiger partial charge on any atom is 0.343 e. The van der Waals surface area contributed by atoms with E-state index in [4.69, 9.17) is 10.5 Å². The molecule has 0 amide bonds. The summed E-state index contributed by atoms with van der Waals surface area (Å²) in [5, 5.41) is 0.535. The molecule has 22 heavy (non-hydrogen) atoms. The van der Waals surface area contributed by atoms with Crippen LogP contribution in [0.15, 0.2) is 23.1 Å². The molecular weight excluding hydrogens is 280 g/mol. The molecule has 2 aliphatic rings. The molecule has 2 unspecified atom stereocenters. The molecule has 1 fully saturated rings. The molecule has 2 N–H and O–H groups in total. The number of anilines is 1. The van der Waals surface area contributed by atoms with Crippen molar-refractivity contribution in [1.82, 2.24) is 4.57 Å². The van der Waals surface area contributed by atoms with Crippen LogP contribution >= 0.6 is 0 Å². The smallest absolute Gasteiger partial charge is 0.343 e. The van der Waals surface area contributed by atoms with Crippen molar-refractivity contribution in [3.63, 3.8) is 0 Å². The van der Waals surface area contributed by atoms with Gasteiger partial charge in [-0.2, -0.15) is 0 Å². The maximum atomic E-state index is 12.6. The molecule has 1 aliphatic heterocycles. The van der Waals surface area contributed by atoms with Gasteiger partial charge in [0.2, 0.25) is 5.43 Å². The Morgan fingerprint density at radius 1 is 1.32 bits per heavy atom. The van der Waals surface area contributed by atoms with E-state index in [1.54, 1.807) is 12.3 Å². The van der Waals surface area contributed by atoms with Crippen LogP contribution in [0.25, 0.3) is 10.9 Å². The van der Waals surface area contributed by atoms with Gasteiger partial charge in [-0.1, -0.05) is 12.8 Å². The molecule has 5 heteroatoms. The van der Waals surface area contributed by atoms with Crippen molar-refractivity contribution in [1.29, 1.82) is 0 Å². The fraction of sp³-hybridized carbons (Fsp3) is 0.412. The van der Waals surface area contributed by atoms with Crippen LogP contribution in [-0.4, -0.2) is 17.6 Å². The molecule has 0 saturated heterocycles. The van der Waals surface area contributed by atoms with Crippen molar-refractivity contribution in [2.24, 2.45) is 0 Å². The second-order valence-electron chi connectivity index (χ2n) is 6.24. The van der Waals surface area contributed by atoms with E-state index >= 15 is 0 Å². The number of fused-ring (bicyclic) bond motifs is 3. The topological polar surface area (TPSA) is 74.3 Å². The summed E-state index contributed by atoms with van der Waals surface area (Å²) >= 11 is 0. The van der Waals surface area contributed by atoms with Gasteiger partial charge in [-0.3, -0.25) is 4.79 Å². The molecule has 5 nitrogen and oxygen atoms in total. The van der Waals surface area contributed by atoms with Crippen molar-refractivity contribution in [3.8, 4) is 0 Å². The van der Waals surface area contributed by atoms with Gasteiger partial charge in [0.05, 0.1) is 12.6 Å². The Bertz CT molecular complexity index is 853. The zero-order valence-corrected chi connectivity index (χ0v) is 12.5. The van der Waals surface area contributed by atoms with E-state index in [2.05, 4.69) is 4.57 Å². The highest BCUT2D eigenvalue weighted by Crippen LogP contribution is 2.49. The van der Waals surface area contributed by atoms with Crippen molar-refractivity contribution in [3.05, 3.63) is 39.7 Å². The maximum absolute atomic E-state index is 12.6. The van der Waals surface area contributed by atoms with Crippen LogP contribution in [0.4, 0.5) is 5.69 Å². The second-order valence-corrected chi connectivity index (χ2v) is 6.24. The Hall–Kier alpha value is -2.30. The van der Waals surface area contributed by atoms with Crippen LogP contribution in [0.1, 0.15) is 53.6 Å². The zero-order chi connectivity index (χ0) is 15.4. The van der Waals surface area contributed by atoms with Crippen molar-refractivity contribution in [2.75, 3.05) is 12.8 Å². The second kappa shape index (κ2) is 4.60. The van der Waals surface area contributed by atoms with Gasteiger partial charge in [-0.05, 0) is 30.5 Å². The number of hydrogen-bond acceptors (Lipinski definition) is 4. The van der Waals surface area contributed by atoms with Crippen LogP contribution in [0.3, 0.4) is 0 Å². The minimum absolute atomic E-state index is 0.0952. The number of carbonyl (C=O) groups is 1. The van der Waals surface area contributed by atoms with Crippen molar-refractivity contribution in [2.45, 2.75) is 37.6 Å². The highest BCUT2D eigenvalue weighted by Gasteiger charge is 2.37. The molecule has 1 aromatic carbocycles. The number of nitrogen functional groups attached to an aromatic ring is 1. The molecule has 1 aromatic heterocycles. The third-order valence-electron chi connectivity index (χ3n) is 5.07. The van der Waals surface area contributed by atoms with Gasteiger partial charge < -0.3 is 15.0 Å². The SMILES string of the molecule is COC(=O)c1cn2c3c(cc(N)cc3c1=O)C1CCCCC12. The van der Waals surface area contributed by atoms with E-state index in [9.17, 15) is 9.59 Å². The lowest BCUT2D eigenvalue weighted by Crippen LogP contribution is -2.21. The van der Waals surface area contributed by atoms with Gasteiger partial charge in [-0.15, -0.1) is 0 Å². The molecule has 2 aromatic rings. The summed E-state index contributed by atoms with van der Waals surface area (Å²) in [4.78, 5) is 24.6. The molecule has 114 valence electrons. The summed E-state index contributed by atoms with van der Waals surface area (Å²) in [7, 11) is 1.30. The van der Waals surface area contributed by atoms with E-state index in [-0.39, 0.29) is 11.0 Å². The van der Waals surface area contributed by atoms with Crippen LogP contribution in [0.5, 0.6) is 0 Å². The standard InChI is InChI=1S/C17H18N2O3/c1-22-17(21)13-8-19-14-5-3-2-4-10(14)11-6-9(18)7-12(15(11)19)16(13)20/h6-8,10,14H,2-5,18H2,1H3. The van der Waals surface area contributed by atoms with E-state index in [1.807, 2.05) is 6.07 Å². The quantitative estimate of drug-likeness (QED) is 0.648. The monoisotopic (exact) mass is 298 g/mol. The summed E-state index contributed by atoms with van der Waals surface area (Å²) in [6, 6.07) is 3.99. The molecular formula is C17H18N2O3. The lowest BCUT2D eigenvalue weighted by molar-refractivity contribution is 0.0598. The highest BCUT2D eigenvalue weighted by atomic mass is 16.5. The van der Waals surface area contributed by atoms with Crippen LogP contribution in [0, 0.1) is 0 Å². The first-order chi connectivity index (χ1) is 10.6. The van der Waals surface area contributed by atoms with Gasteiger partial charge in [0.1, 0.15) is 5.56 Å². The number of ether oxygens (including phenoxy) is 1. The van der Waals surface area contributed by atoms with Crippen LogP contribution in [0.2, 0.25) is 0 Å². The van der Waals surface area contributed by atoms with Gasteiger partial charge >= 0.3 is 5.97 Å². The van der Waals surface area contributed by atoms with Gasteiger partial charge in [0.15, 0.2) is 0 Å². The molecule has 4 rings (SSSR count). The minimum atomic E-state index is -0.584. The fourth-order valence-electron chi connectivity index (χ4n) is 4.16. The molecule has 1 aliphatic carbocycles. The van der Waals surface area contributed by atoms with Gasteiger partial charge in [0, 0.05) is 29.2 Å². The van der Waals surface area contributed by atoms with Crippen molar-refractivity contribution >= 4 is 22.6 Å². The number of benzene rings is 1. The summed E-state index contributed by atoms with van der Waals surface area (Å²) in [5.41, 5.74) is 8.51. The summed E-state index contributed by atoms with van der Waals surface area (Å²) in [6.07, 6.45) is 6.22. The van der Waals surface area contributed by atoms with E-state index in [0.29, 0.717) is 23.0 Å². The highest BCUT2D eigenvalue weighted by molar-refractivity contribution is 5.96. The summed E-state index contributed by atoms with van der Waals surface area (Å²) in [6.45, 7) is 0. The Balaban J connectivity index is 2.09. The summed E-state index contributed by atoms with van der Waals surface area (Å²) in [5.74, 6) is -0.189. The molecule has 0 radical (unpaired) electrons. The number of hydrogen-bond donors (Lipinski definition) is 1. The van der Waals surface area contributed by atoms with Crippen molar-refractivity contribution < 1.29 is 9.53 Å². The largest absolute Gasteiger partial charge is 0.465 e. The average Bonchev–Trinajstić information content (AvgIpc) is 2.84. The number of esters is 1. The normalized spacial score (nSPS) is 22.6. The Morgan fingerprint density at radius 3 is 2.86 bits per heavy atom. The number of carbonyl (C=O) groups excluding carboxylic acids is 1. The number of aromatic nitrogens is 1. The average molecular weight is 298 g/mol. The fourth-order valence-corrected chi connectivity index (χ4v) is 4.16. The van der Waals surface area contributed by atoms with E-state index < -0.39 is 5.97 Å². The molecule has 0 bridgehead atoms. The van der Waals surface area contributed by atoms with Crippen LogP contribution in [-0.2, 0) is 4.74 Å². The Labute approximate surface area is 127 Å². The molecule has 0 spiro atoms. The van der Waals surface area contributed by atoms with E-state index in [1.165, 1.54) is 20.0 Å². The summed E-state index contributed by atoms with van der Waals surface area (Å²) < 4.78 is 6.88. The number of rotatable bonds is 1. The zero-order valence-electron chi connectivity index (χ0n) is 12.5. The third kappa shape index (κ3) is 1.65. The Kier molecular flexibility index (Phi) is 2.79. The van der Waals surface area contributed by atoms with E-state index in [0.717, 1.165) is 23.9 Å². The van der Waals surface area contributed by atoms with Gasteiger partial charge in [0.25, 0.3) is 0 Å². The Morgan fingerprint density at radius 2 is 2.09 bits per heavy atom. The first kappa shape index (κ1) is 13.4. The predicted molar refractivity (Wildman–Crippen MR) is 84.2 cm³/mol. The van der Waals surface area contributed by atoms with Crippen LogP contribution < -0.4 is 11.2 Å². The molecule has 2 heterocycles. The third-order valence-corrected chi connectivity index (χ3v) is 5.07. The number of nitrogens with zero attached hydrogens (tertiary/aromatic N) is 1.